The molecule has 80 valence electrons. The van der Waals surface area contributed by atoms with Crippen LogP contribution in [0.4, 0.5) is 5.82 Å². The summed E-state index contributed by atoms with van der Waals surface area (Å²) in [6.45, 7) is 2.70. The summed E-state index contributed by atoms with van der Waals surface area (Å²) in [5.41, 5.74) is 7.76. The Kier molecular flexibility index (Phi) is 2.40. The summed E-state index contributed by atoms with van der Waals surface area (Å²) in [4.78, 5) is 0. The summed E-state index contributed by atoms with van der Waals surface area (Å²) in [5, 5.41) is 11.9. The Bertz CT molecular complexity index is 455. The van der Waals surface area contributed by atoms with Gasteiger partial charge in [-0.2, -0.15) is 5.10 Å². The van der Waals surface area contributed by atoms with Crippen molar-refractivity contribution in [2.24, 2.45) is 7.05 Å². The maximum Gasteiger partial charge on any atom is 0.169 e. The van der Waals surface area contributed by atoms with Crippen molar-refractivity contribution in [3.8, 4) is 0 Å². The highest BCUT2D eigenvalue weighted by Gasteiger charge is 2.08. The van der Waals surface area contributed by atoms with E-state index in [9.17, 15) is 0 Å². The van der Waals surface area contributed by atoms with Crippen LogP contribution >= 0.6 is 0 Å². The summed E-state index contributed by atoms with van der Waals surface area (Å²) < 4.78 is 3.58. The van der Waals surface area contributed by atoms with E-state index in [0.29, 0.717) is 12.4 Å². The standard InChI is InChI=1S/C9H14N6/c1-3-8-9(10)12-13-15(8)6-7-4-11-14(2)5-7/h4-5H,3,6,10H2,1-2H3. The Morgan fingerprint density at radius 2 is 2.27 bits per heavy atom. The van der Waals surface area contributed by atoms with Crippen LogP contribution in [-0.2, 0) is 20.0 Å². The molecule has 0 bridgehead atoms. The molecule has 2 aromatic rings. The van der Waals surface area contributed by atoms with Crippen LogP contribution in [0.3, 0.4) is 0 Å². The minimum atomic E-state index is 0.515. The number of aryl methyl sites for hydroxylation is 1. The van der Waals surface area contributed by atoms with Crippen LogP contribution < -0.4 is 5.73 Å². The van der Waals surface area contributed by atoms with E-state index >= 15 is 0 Å². The van der Waals surface area contributed by atoms with Crippen molar-refractivity contribution in [1.82, 2.24) is 24.8 Å². The molecule has 0 atom stereocenters. The first-order valence-electron chi connectivity index (χ1n) is 4.86. The Morgan fingerprint density at radius 1 is 1.47 bits per heavy atom. The molecular formula is C9H14N6. The molecule has 2 heterocycles. The van der Waals surface area contributed by atoms with Crippen molar-refractivity contribution in [2.75, 3.05) is 5.73 Å². The number of rotatable bonds is 3. The number of nitrogens with two attached hydrogens (primary N) is 1. The normalized spacial score (nSPS) is 10.8. The molecule has 0 radical (unpaired) electrons. The van der Waals surface area contributed by atoms with Crippen LogP contribution in [0.25, 0.3) is 0 Å². The molecule has 0 amide bonds. The number of anilines is 1. The Morgan fingerprint density at radius 3 is 2.87 bits per heavy atom. The summed E-state index contributed by atoms with van der Waals surface area (Å²) in [6.07, 6.45) is 4.60. The first kappa shape index (κ1) is 9.70. The average molecular weight is 206 g/mol. The second-order valence-corrected chi connectivity index (χ2v) is 3.45. The lowest BCUT2D eigenvalue weighted by Gasteiger charge is -2.02. The molecule has 15 heavy (non-hydrogen) atoms. The number of nitrogens with zero attached hydrogens (tertiary/aromatic N) is 5. The van der Waals surface area contributed by atoms with Crippen molar-refractivity contribution in [3.63, 3.8) is 0 Å². The fraction of sp³-hybridized carbons (Fsp3) is 0.444. The maximum absolute atomic E-state index is 5.70. The lowest BCUT2D eigenvalue weighted by Crippen LogP contribution is -2.06. The molecule has 2 rings (SSSR count). The molecule has 0 aliphatic carbocycles. The summed E-state index contributed by atoms with van der Waals surface area (Å²) >= 11 is 0. The summed E-state index contributed by atoms with van der Waals surface area (Å²) in [5.74, 6) is 0.515. The minimum Gasteiger partial charge on any atom is -0.381 e. The fourth-order valence-electron chi connectivity index (χ4n) is 1.56. The third-order valence-electron chi connectivity index (χ3n) is 2.29. The van der Waals surface area contributed by atoms with Gasteiger partial charge in [0.2, 0.25) is 0 Å². The highest BCUT2D eigenvalue weighted by Crippen LogP contribution is 2.10. The summed E-state index contributed by atoms with van der Waals surface area (Å²) in [7, 11) is 1.89. The van der Waals surface area contributed by atoms with Crippen LogP contribution in [0, 0.1) is 0 Å². The second kappa shape index (κ2) is 3.72. The van der Waals surface area contributed by atoms with Gasteiger partial charge in [0.1, 0.15) is 0 Å². The Balaban J connectivity index is 2.24. The van der Waals surface area contributed by atoms with E-state index in [4.69, 9.17) is 5.73 Å². The second-order valence-electron chi connectivity index (χ2n) is 3.45. The van der Waals surface area contributed by atoms with Crippen molar-refractivity contribution < 1.29 is 0 Å². The molecule has 0 fully saturated rings. The highest BCUT2D eigenvalue weighted by molar-refractivity contribution is 5.33. The number of hydrogen-bond donors (Lipinski definition) is 1. The molecule has 2 aromatic heterocycles. The van der Waals surface area contributed by atoms with E-state index < -0.39 is 0 Å². The van der Waals surface area contributed by atoms with Crippen molar-refractivity contribution in [3.05, 3.63) is 23.7 Å². The van der Waals surface area contributed by atoms with E-state index in [1.165, 1.54) is 0 Å². The molecule has 0 spiro atoms. The zero-order valence-electron chi connectivity index (χ0n) is 8.88. The fourth-order valence-corrected chi connectivity index (χ4v) is 1.56. The van der Waals surface area contributed by atoms with Crippen LogP contribution in [0.15, 0.2) is 12.4 Å². The molecule has 0 aliphatic heterocycles. The largest absolute Gasteiger partial charge is 0.381 e. The number of nitrogen functional groups attached to an aromatic ring is 1. The molecule has 0 aliphatic rings. The Labute approximate surface area is 87.7 Å². The van der Waals surface area contributed by atoms with E-state index in [2.05, 4.69) is 15.4 Å². The topological polar surface area (TPSA) is 74.6 Å². The predicted octanol–water partition coefficient (Wildman–Crippen LogP) is 0.204. The van der Waals surface area contributed by atoms with Gasteiger partial charge >= 0.3 is 0 Å². The van der Waals surface area contributed by atoms with E-state index in [0.717, 1.165) is 17.7 Å². The van der Waals surface area contributed by atoms with E-state index in [1.807, 2.05) is 31.0 Å². The van der Waals surface area contributed by atoms with Gasteiger partial charge in [-0.3, -0.25) is 4.68 Å². The Hall–Kier alpha value is -1.85. The lowest BCUT2D eigenvalue weighted by molar-refractivity contribution is 0.621. The molecule has 0 aromatic carbocycles. The molecule has 2 N–H and O–H groups in total. The average Bonchev–Trinajstić information content (AvgIpc) is 2.75. The molecular weight excluding hydrogens is 192 g/mol. The molecule has 0 saturated carbocycles. The van der Waals surface area contributed by atoms with Gasteiger partial charge in [-0.15, -0.1) is 5.10 Å². The van der Waals surface area contributed by atoms with Crippen LogP contribution in [-0.4, -0.2) is 24.8 Å². The van der Waals surface area contributed by atoms with E-state index in [1.54, 1.807) is 4.68 Å². The molecule has 6 nitrogen and oxygen atoms in total. The van der Waals surface area contributed by atoms with Crippen LogP contribution in [0.2, 0.25) is 0 Å². The zero-order chi connectivity index (χ0) is 10.8. The monoisotopic (exact) mass is 206 g/mol. The van der Waals surface area contributed by atoms with Crippen LogP contribution in [0.5, 0.6) is 0 Å². The SMILES string of the molecule is CCc1c(N)nnn1Cc1cnn(C)c1. The van der Waals surface area contributed by atoms with E-state index in [-0.39, 0.29) is 0 Å². The third kappa shape index (κ3) is 1.83. The third-order valence-corrected chi connectivity index (χ3v) is 2.29. The maximum atomic E-state index is 5.70. The van der Waals surface area contributed by atoms with Gasteiger partial charge in [0.05, 0.1) is 18.4 Å². The number of aromatic nitrogens is 5. The molecule has 6 heteroatoms. The highest BCUT2D eigenvalue weighted by atomic mass is 15.4. The van der Waals surface area contributed by atoms with Gasteiger partial charge < -0.3 is 5.73 Å². The first-order chi connectivity index (χ1) is 7.20. The molecule has 0 saturated heterocycles. The van der Waals surface area contributed by atoms with Crippen molar-refractivity contribution >= 4 is 5.82 Å². The van der Waals surface area contributed by atoms with Gasteiger partial charge in [-0.1, -0.05) is 12.1 Å². The quantitative estimate of drug-likeness (QED) is 0.778. The number of hydrogen-bond acceptors (Lipinski definition) is 4. The minimum absolute atomic E-state index is 0.515. The smallest absolute Gasteiger partial charge is 0.169 e. The van der Waals surface area contributed by atoms with Gasteiger partial charge in [-0.05, 0) is 6.42 Å². The van der Waals surface area contributed by atoms with Crippen molar-refractivity contribution in [1.29, 1.82) is 0 Å². The lowest BCUT2D eigenvalue weighted by atomic mass is 10.3. The molecule has 0 unspecified atom stereocenters. The van der Waals surface area contributed by atoms with Crippen molar-refractivity contribution in [2.45, 2.75) is 19.9 Å². The predicted molar refractivity (Wildman–Crippen MR) is 56.1 cm³/mol. The van der Waals surface area contributed by atoms with Gasteiger partial charge in [0, 0.05) is 18.8 Å². The summed E-state index contributed by atoms with van der Waals surface area (Å²) in [6, 6.07) is 0. The zero-order valence-corrected chi connectivity index (χ0v) is 8.88. The first-order valence-corrected chi connectivity index (χ1v) is 4.86. The van der Waals surface area contributed by atoms with Crippen LogP contribution in [0.1, 0.15) is 18.2 Å². The van der Waals surface area contributed by atoms with Gasteiger partial charge in [-0.25, -0.2) is 4.68 Å². The van der Waals surface area contributed by atoms with Gasteiger partial charge in [0.25, 0.3) is 0 Å². The van der Waals surface area contributed by atoms with Gasteiger partial charge in [0.15, 0.2) is 5.82 Å².